The summed E-state index contributed by atoms with van der Waals surface area (Å²) in [5, 5.41) is 34.4. The van der Waals surface area contributed by atoms with Crippen molar-refractivity contribution in [3.8, 4) is 11.5 Å². The van der Waals surface area contributed by atoms with Gasteiger partial charge in [-0.15, -0.1) is 21.5 Å². The Morgan fingerprint density at radius 1 is 0.367 bits per heavy atom. The number of nitrogens with zero attached hydrogens (tertiary/aromatic N) is 17. The predicted molar refractivity (Wildman–Crippen MR) is 586 cm³/mol. The average molecular weight is 2020 g/mol. The Kier molecular flexibility index (Phi) is 67.6. The zero-order chi connectivity index (χ0) is 107. The molecule has 1 saturated heterocycles. The van der Waals surface area contributed by atoms with Gasteiger partial charge in [0, 0.05) is 104 Å². The van der Waals surface area contributed by atoms with E-state index in [2.05, 4.69) is 227 Å². The number of H-pyrrole nitrogens is 3. The van der Waals surface area contributed by atoms with Gasteiger partial charge < -0.3 is 50.8 Å². The summed E-state index contributed by atoms with van der Waals surface area (Å²) in [5.41, 5.74) is 21.0. The zero-order valence-electron chi connectivity index (χ0n) is 89.4. The van der Waals surface area contributed by atoms with Gasteiger partial charge in [0.1, 0.15) is 55.7 Å². The van der Waals surface area contributed by atoms with E-state index >= 15 is 0 Å². The predicted octanol–water partition coefficient (Wildman–Crippen LogP) is 27.8. The first kappa shape index (κ1) is 123. The lowest BCUT2D eigenvalue weighted by Gasteiger charge is -2.18. The normalized spacial score (nSPS) is 11.4. The van der Waals surface area contributed by atoms with E-state index in [-0.39, 0.29) is 0 Å². The third-order valence-corrected chi connectivity index (χ3v) is 20.4. The van der Waals surface area contributed by atoms with Crippen molar-refractivity contribution in [2.24, 2.45) is 11.8 Å². The first-order valence-corrected chi connectivity index (χ1v) is 49.6. The molecule has 4 N–H and O–H groups in total. The van der Waals surface area contributed by atoms with E-state index in [1.165, 1.54) is 153 Å². The molecule has 0 atom stereocenters. The molecule has 5 aromatic carbocycles. The van der Waals surface area contributed by atoms with Crippen LogP contribution >= 0.6 is 11.3 Å². The molecule has 15 aromatic heterocycles. The number of fused-ring (bicyclic) bond motifs is 3. The first-order valence-electron chi connectivity index (χ1n) is 48.7. The van der Waals surface area contributed by atoms with E-state index < -0.39 is 0 Å². The Labute approximate surface area is 872 Å². The second-order valence-electron chi connectivity index (χ2n) is 33.9. The van der Waals surface area contributed by atoms with E-state index in [0.717, 1.165) is 86.2 Å². The number of aromatic amines is 3. The number of ether oxygens (including phenoxy) is 2. The quantitative estimate of drug-likeness (QED) is 0.110. The number of pyridine rings is 2. The van der Waals surface area contributed by atoms with Crippen LogP contribution in [0.5, 0.6) is 11.5 Å². The van der Waals surface area contributed by atoms with Crippen molar-refractivity contribution < 1.29 is 40.5 Å². The average Bonchev–Trinajstić information content (AvgIpc) is 1.62. The van der Waals surface area contributed by atoms with Gasteiger partial charge in [-0.2, -0.15) is 20.5 Å². The lowest BCUT2D eigenvalue weighted by molar-refractivity contribution is 0.171. The van der Waals surface area contributed by atoms with Gasteiger partial charge in [-0.25, -0.2) is 29.9 Å². The molecule has 0 amide bonds. The van der Waals surface area contributed by atoms with E-state index in [1.54, 1.807) is 161 Å². The van der Waals surface area contributed by atoms with E-state index in [1.807, 2.05) is 205 Å². The molecule has 0 bridgehead atoms. The van der Waals surface area contributed by atoms with Crippen molar-refractivity contribution in [3.63, 3.8) is 0 Å². The second kappa shape index (κ2) is 80.5. The van der Waals surface area contributed by atoms with Crippen molar-refractivity contribution in [2.45, 2.75) is 210 Å². The smallest absolute Gasteiger partial charge is 0.213 e. The third-order valence-electron chi connectivity index (χ3n) is 19.7. The second-order valence-corrected chi connectivity index (χ2v) is 34.6. The van der Waals surface area contributed by atoms with Gasteiger partial charge in [-0.1, -0.05) is 177 Å². The number of piperidine rings is 1. The van der Waals surface area contributed by atoms with Crippen molar-refractivity contribution in [3.05, 3.63) is 450 Å². The van der Waals surface area contributed by atoms with Gasteiger partial charge in [0.05, 0.1) is 72.4 Å². The molecule has 24 rings (SSSR count). The summed E-state index contributed by atoms with van der Waals surface area (Å²) in [6.07, 6.45) is 57.3. The summed E-state index contributed by atoms with van der Waals surface area (Å²) >= 11 is 1.63. The molecule has 17 heterocycles. The van der Waals surface area contributed by atoms with Gasteiger partial charge in [0.15, 0.2) is 30.2 Å². The summed E-state index contributed by atoms with van der Waals surface area (Å²) in [7, 11) is 0. The number of imidazole rings is 1. The Morgan fingerprint density at radius 2 is 1.06 bits per heavy atom. The SMILES string of the molecule is CC1CCCCC1.CC1CCNCC1.Cc1ccc2c(c1)CCC2.Cc1ccc2c(c1)OCCO2.Cc1ccc2ccccc2c1.Cc1ccccc1.Cc1ccccn1.Cc1cccnc1.Cc1ccco1.Cc1ccoc1.Cc1cn[nH]c1.Cc1cn[nH]n1.Cc1cnccn1.Cc1cncnc1.Cc1cnco1.Cc1cnoc1.Cc1cocn1.Cc1cscn1.Cc1ncc[nH]1.Cc1ncco1.Cc1nnco1. The lowest BCUT2D eigenvalue weighted by atomic mass is 9.91. The van der Waals surface area contributed by atoms with E-state index in [4.69, 9.17) is 27.1 Å². The number of aromatic nitrogens is 20. The Morgan fingerprint density at radius 3 is 1.41 bits per heavy atom. The van der Waals surface area contributed by atoms with Crippen LogP contribution in [0.4, 0.5) is 0 Å². The fourth-order valence-corrected chi connectivity index (χ4v) is 12.4. The van der Waals surface area contributed by atoms with Gasteiger partial charge in [-0.05, 0) is 273 Å². The molecule has 0 unspecified atom stereocenters. The van der Waals surface area contributed by atoms with Crippen LogP contribution in [0, 0.1) is 143 Å². The number of rotatable bonds is 0. The molecule has 2 aliphatic heterocycles. The highest BCUT2D eigenvalue weighted by Crippen LogP contribution is 2.30. The van der Waals surface area contributed by atoms with Crippen LogP contribution < -0.4 is 14.8 Å². The standard InChI is InChI=1S/C11H10.C10H12.C9H10O2.C7H14.C7H8.C6H13N.2C6H7N.2C5H6N2.2C5H6O.2C4H6N2.4C4H5NO.C4H5NS.C3H5N3.C3H4N2O/c1-9-6-7-10-4-2-3-5-11(10)8-9;1-8-5-6-9-3-2-4-10(9)7-8;1-7-2-3-8-9(6-7)11-5-4-10-8;2*1-7-5-3-2-4-6-7;1-6-2-4-7-5-3-6;1-6-3-2-4-7-5-6;1-6-4-2-3-5-7-6;1-5-2-6-4-7-3-5;1-5-4-6-2-3-7-5;1-5-2-3-6-4-5;1-5-3-2-4-6-5;1-4-2-5-6-3-4;1-4-5-2-3-6-4;1-4-2-6-3-5-4;1-4-2-5-3-6-4;1-4-2-5-6-3-4;1-4-5-2-3-6-4;1-4-2-6-3-5-4;1-3-2-4-6-5-3;1-3-5-4-2-6-3/h2-8H,1H3;5-7H,2-4H2,1H3;2-3,6H,4-5H2,1H3;7H,2-6H2,1H3;2-6H,1H3;6-7H,2-5H2,1H3;2*2-5H,1H3;2*2-4H,1H3;2*2-4H,1H3;2*2-3H,1H3,(H,5,6);5*2-3H,1H3;2H,1H3,(H,4,5,6);2H,1H3. The first-order chi connectivity index (χ1) is 71.2. The molecular formula is C116H151N21O9S. The number of aryl methyl sites for hydroxylation is 21. The van der Waals surface area contributed by atoms with Crippen molar-refractivity contribution in [1.29, 1.82) is 0 Å². The maximum absolute atomic E-state index is 5.38. The summed E-state index contributed by atoms with van der Waals surface area (Å²) in [6, 6.07) is 53.5. The molecular weight excluding hydrogens is 1860 g/mol. The number of furan rings is 2. The molecule has 4 aliphatic rings. The van der Waals surface area contributed by atoms with Gasteiger partial charge >= 0.3 is 0 Å². The minimum atomic E-state index is 0.606. The maximum Gasteiger partial charge on any atom is 0.213 e. The summed E-state index contributed by atoms with van der Waals surface area (Å²) in [5.74, 6) is 7.86. The van der Waals surface area contributed by atoms with Crippen molar-refractivity contribution in [2.75, 3.05) is 26.3 Å². The molecule has 0 radical (unpaired) electrons. The minimum absolute atomic E-state index is 0.606. The topological polar surface area (TPSA) is 389 Å². The Balaban J connectivity index is 0.000000322. The number of hydrogen-bond donors (Lipinski definition) is 4. The number of nitrogens with one attached hydrogen (secondary N) is 4. The molecule has 2 fully saturated rings. The third kappa shape index (κ3) is 68.9. The van der Waals surface area contributed by atoms with E-state index in [9.17, 15) is 0 Å². The zero-order valence-corrected chi connectivity index (χ0v) is 90.2. The highest BCUT2D eigenvalue weighted by Gasteiger charge is 2.11. The largest absolute Gasteiger partial charge is 0.486 e. The van der Waals surface area contributed by atoms with Gasteiger partial charge in [-0.3, -0.25) is 30.0 Å². The van der Waals surface area contributed by atoms with Crippen LogP contribution in [0.2, 0.25) is 0 Å². The number of thiazole rings is 1. The minimum Gasteiger partial charge on any atom is -0.486 e. The van der Waals surface area contributed by atoms with Crippen LogP contribution in [0.25, 0.3) is 10.8 Å². The number of benzene rings is 5. The fourth-order valence-electron chi connectivity index (χ4n) is 11.8. The maximum atomic E-state index is 5.38. The van der Waals surface area contributed by atoms with Crippen LogP contribution in [-0.4, -0.2) is 127 Å². The Bertz CT molecular complexity index is 5350. The fraction of sp³-hybridized carbons (Fsp3) is 0.319. The van der Waals surface area contributed by atoms with Crippen molar-refractivity contribution >= 4 is 22.1 Å². The summed E-state index contributed by atoms with van der Waals surface area (Å²) in [4.78, 5) is 45.0. The van der Waals surface area contributed by atoms with Crippen LogP contribution in [0.3, 0.4) is 0 Å². The molecule has 2 aliphatic carbocycles. The van der Waals surface area contributed by atoms with Crippen molar-refractivity contribution in [1.82, 2.24) is 106 Å². The molecule has 780 valence electrons. The molecule has 30 nitrogen and oxygen atoms in total. The molecule has 147 heavy (non-hydrogen) atoms. The van der Waals surface area contributed by atoms with Crippen LogP contribution in [-0.2, 0) is 12.8 Å². The lowest BCUT2D eigenvalue weighted by Crippen LogP contribution is -2.26. The molecule has 0 spiro atoms. The van der Waals surface area contributed by atoms with Gasteiger partial charge in [0.2, 0.25) is 12.3 Å². The molecule has 20 aromatic rings. The summed E-state index contributed by atoms with van der Waals surface area (Å²) in [6.45, 7) is 45.6. The van der Waals surface area contributed by atoms with Gasteiger partial charge in [0.25, 0.3) is 0 Å². The highest BCUT2D eigenvalue weighted by atomic mass is 32.1. The highest BCUT2D eigenvalue weighted by molar-refractivity contribution is 7.07. The molecule has 31 heteroatoms. The van der Waals surface area contributed by atoms with Crippen LogP contribution in [0.1, 0.15) is 184 Å². The summed E-state index contributed by atoms with van der Waals surface area (Å²) < 4.78 is 43.4. The monoisotopic (exact) mass is 2010 g/mol. The van der Waals surface area contributed by atoms with E-state index in [0.29, 0.717) is 19.1 Å². The van der Waals surface area contributed by atoms with Crippen LogP contribution in [0.15, 0.2) is 362 Å². The Hall–Kier alpha value is -15.9. The number of hydrogen-bond acceptors (Lipinski definition) is 28. The number of oxazole rings is 3. The molecule has 1 saturated carbocycles.